The predicted molar refractivity (Wildman–Crippen MR) is 76.7 cm³/mol. The molecule has 0 spiro atoms. The molecular formula is C14H24N4O. The molecule has 1 fully saturated rings. The number of nitrogens with one attached hydrogen (secondary N) is 1. The van der Waals surface area contributed by atoms with Crippen LogP contribution in [-0.2, 0) is 0 Å². The highest BCUT2D eigenvalue weighted by molar-refractivity contribution is 5.39. The fourth-order valence-corrected chi connectivity index (χ4v) is 2.38. The van der Waals surface area contributed by atoms with E-state index in [1.807, 2.05) is 6.07 Å². The maximum atomic E-state index is 5.55. The highest BCUT2D eigenvalue weighted by atomic mass is 16.5. The number of anilines is 1. The minimum absolute atomic E-state index is 0.667. The Bertz CT molecular complexity index is 379. The molecule has 1 unspecified atom stereocenters. The van der Waals surface area contributed by atoms with Gasteiger partial charge in [0.2, 0.25) is 5.88 Å². The number of rotatable bonds is 6. The molecule has 0 amide bonds. The zero-order valence-electron chi connectivity index (χ0n) is 11.9. The zero-order valence-corrected chi connectivity index (χ0v) is 11.9. The van der Waals surface area contributed by atoms with Crippen LogP contribution in [0.2, 0.25) is 0 Å². The van der Waals surface area contributed by atoms with Crippen molar-refractivity contribution in [3.05, 3.63) is 12.4 Å². The quantitative estimate of drug-likeness (QED) is 0.847. The standard InChI is InChI=1S/C14H24N4O/c1-3-7-19-14-8-13(16-11-17-14)18(2)10-12-5-4-6-15-9-12/h8,11-12,15H,3-7,9-10H2,1-2H3. The van der Waals surface area contributed by atoms with Gasteiger partial charge < -0.3 is 15.0 Å². The minimum atomic E-state index is 0.667. The number of hydrogen-bond donors (Lipinski definition) is 1. The molecule has 0 radical (unpaired) electrons. The summed E-state index contributed by atoms with van der Waals surface area (Å²) in [4.78, 5) is 10.7. The summed E-state index contributed by atoms with van der Waals surface area (Å²) >= 11 is 0. The topological polar surface area (TPSA) is 50.3 Å². The average molecular weight is 264 g/mol. The maximum absolute atomic E-state index is 5.55. The molecule has 19 heavy (non-hydrogen) atoms. The number of hydrogen-bond acceptors (Lipinski definition) is 5. The van der Waals surface area contributed by atoms with E-state index in [9.17, 15) is 0 Å². The number of nitrogens with zero attached hydrogens (tertiary/aromatic N) is 3. The molecule has 5 heteroatoms. The van der Waals surface area contributed by atoms with E-state index in [2.05, 4.69) is 34.2 Å². The highest BCUT2D eigenvalue weighted by Gasteiger charge is 2.16. The van der Waals surface area contributed by atoms with Gasteiger partial charge >= 0.3 is 0 Å². The van der Waals surface area contributed by atoms with Crippen molar-refractivity contribution in [2.75, 3.05) is 38.2 Å². The number of ether oxygens (including phenoxy) is 1. The first-order chi connectivity index (χ1) is 9.29. The molecule has 1 atom stereocenters. The Labute approximate surface area is 115 Å². The summed E-state index contributed by atoms with van der Waals surface area (Å²) in [5.74, 6) is 2.31. The third kappa shape index (κ3) is 4.35. The summed E-state index contributed by atoms with van der Waals surface area (Å²) in [7, 11) is 2.08. The van der Waals surface area contributed by atoms with E-state index in [1.54, 1.807) is 6.33 Å². The molecule has 0 aromatic carbocycles. The summed E-state index contributed by atoms with van der Waals surface area (Å²) in [5, 5.41) is 3.45. The van der Waals surface area contributed by atoms with E-state index in [0.29, 0.717) is 18.4 Å². The lowest BCUT2D eigenvalue weighted by Crippen LogP contribution is -2.37. The highest BCUT2D eigenvalue weighted by Crippen LogP contribution is 2.18. The molecule has 5 nitrogen and oxygen atoms in total. The van der Waals surface area contributed by atoms with E-state index in [0.717, 1.165) is 31.9 Å². The van der Waals surface area contributed by atoms with Gasteiger partial charge in [0, 0.05) is 19.7 Å². The smallest absolute Gasteiger partial charge is 0.218 e. The van der Waals surface area contributed by atoms with Crippen molar-refractivity contribution >= 4 is 5.82 Å². The normalized spacial score (nSPS) is 19.2. The Hall–Kier alpha value is -1.36. The Morgan fingerprint density at radius 3 is 3.11 bits per heavy atom. The third-order valence-electron chi connectivity index (χ3n) is 3.40. The molecule has 0 aliphatic carbocycles. The summed E-state index contributed by atoms with van der Waals surface area (Å²) in [6, 6.07) is 1.92. The van der Waals surface area contributed by atoms with E-state index in [1.165, 1.54) is 12.8 Å². The van der Waals surface area contributed by atoms with Crippen LogP contribution in [-0.4, -0.2) is 43.3 Å². The number of piperidine rings is 1. The second-order valence-electron chi connectivity index (χ2n) is 5.16. The number of aromatic nitrogens is 2. The molecule has 2 rings (SSSR count). The van der Waals surface area contributed by atoms with Crippen molar-refractivity contribution in [2.24, 2.45) is 5.92 Å². The van der Waals surface area contributed by atoms with E-state index >= 15 is 0 Å². The lowest BCUT2D eigenvalue weighted by molar-refractivity contribution is 0.304. The van der Waals surface area contributed by atoms with E-state index in [4.69, 9.17) is 4.74 Å². The Kier molecular flexibility index (Phi) is 5.39. The third-order valence-corrected chi connectivity index (χ3v) is 3.40. The molecule has 1 aromatic rings. The van der Waals surface area contributed by atoms with Crippen LogP contribution in [0.15, 0.2) is 12.4 Å². The van der Waals surface area contributed by atoms with Crippen molar-refractivity contribution in [2.45, 2.75) is 26.2 Å². The molecule has 1 saturated heterocycles. The van der Waals surface area contributed by atoms with Gasteiger partial charge in [0.15, 0.2) is 0 Å². The summed E-state index contributed by atoms with van der Waals surface area (Å²) in [6.07, 6.45) is 5.13. The molecule has 0 saturated carbocycles. The first kappa shape index (κ1) is 14.1. The van der Waals surface area contributed by atoms with Crippen molar-refractivity contribution in [3.63, 3.8) is 0 Å². The van der Waals surface area contributed by atoms with Gasteiger partial charge in [0.1, 0.15) is 12.1 Å². The van der Waals surface area contributed by atoms with Crippen molar-refractivity contribution < 1.29 is 4.74 Å². The predicted octanol–water partition coefficient (Wildman–Crippen LogP) is 1.70. The van der Waals surface area contributed by atoms with Crippen LogP contribution in [0.25, 0.3) is 0 Å². The van der Waals surface area contributed by atoms with Gasteiger partial charge in [0.05, 0.1) is 6.61 Å². The van der Waals surface area contributed by atoms with Gasteiger partial charge in [-0.15, -0.1) is 0 Å². The van der Waals surface area contributed by atoms with Crippen molar-refractivity contribution in [1.29, 1.82) is 0 Å². The van der Waals surface area contributed by atoms with Gasteiger partial charge in [-0.2, -0.15) is 0 Å². The Morgan fingerprint density at radius 2 is 2.37 bits per heavy atom. The van der Waals surface area contributed by atoms with Gasteiger partial charge in [-0.1, -0.05) is 6.92 Å². The van der Waals surface area contributed by atoms with Crippen LogP contribution < -0.4 is 15.0 Å². The molecule has 1 aromatic heterocycles. The van der Waals surface area contributed by atoms with Crippen LogP contribution in [0, 0.1) is 5.92 Å². The summed E-state index contributed by atoms with van der Waals surface area (Å²) in [5.41, 5.74) is 0. The lowest BCUT2D eigenvalue weighted by atomic mass is 9.99. The largest absolute Gasteiger partial charge is 0.478 e. The molecule has 0 bridgehead atoms. The van der Waals surface area contributed by atoms with Crippen molar-refractivity contribution in [3.8, 4) is 5.88 Å². The monoisotopic (exact) mass is 264 g/mol. The lowest BCUT2D eigenvalue weighted by Gasteiger charge is -2.28. The van der Waals surface area contributed by atoms with E-state index in [-0.39, 0.29) is 0 Å². The fraction of sp³-hybridized carbons (Fsp3) is 0.714. The second-order valence-corrected chi connectivity index (χ2v) is 5.16. The van der Waals surface area contributed by atoms with Gasteiger partial charge in [-0.25, -0.2) is 9.97 Å². The van der Waals surface area contributed by atoms with Crippen LogP contribution in [0.5, 0.6) is 5.88 Å². The van der Waals surface area contributed by atoms with Crippen LogP contribution >= 0.6 is 0 Å². The van der Waals surface area contributed by atoms with Gasteiger partial charge in [0.25, 0.3) is 0 Å². The van der Waals surface area contributed by atoms with Crippen LogP contribution in [0.4, 0.5) is 5.82 Å². The molecule has 106 valence electrons. The first-order valence-electron chi connectivity index (χ1n) is 7.16. The SMILES string of the molecule is CCCOc1cc(N(C)CC2CCCNC2)ncn1. The molecule has 2 heterocycles. The van der Waals surface area contributed by atoms with Gasteiger partial charge in [-0.3, -0.25) is 0 Å². The maximum Gasteiger partial charge on any atom is 0.218 e. The van der Waals surface area contributed by atoms with Gasteiger partial charge in [-0.05, 0) is 38.3 Å². The Morgan fingerprint density at radius 1 is 1.47 bits per heavy atom. The zero-order chi connectivity index (χ0) is 13.5. The first-order valence-corrected chi connectivity index (χ1v) is 7.16. The molecule has 1 N–H and O–H groups in total. The van der Waals surface area contributed by atoms with Crippen LogP contribution in [0.3, 0.4) is 0 Å². The van der Waals surface area contributed by atoms with Crippen molar-refractivity contribution in [1.82, 2.24) is 15.3 Å². The second kappa shape index (κ2) is 7.28. The van der Waals surface area contributed by atoms with E-state index < -0.39 is 0 Å². The molecule has 1 aliphatic heterocycles. The molecular weight excluding hydrogens is 240 g/mol. The summed E-state index contributed by atoms with van der Waals surface area (Å²) < 4.78 is 5.55. The summed E-state index contributed by atoms with van der Waals surface area (Å²) in [6.45, 7) is 6.07. The van der Waals surface area contributed by atoms with Crippen LogP contribution in [0.1, 0.15) is 26.2 Å². The fourth-order valence-electron chi connectivity index (χ4n) is 2.38. The average Bonchev–Trinajstić information content (AvgIpc) is 2.46. The Balaban J connectivity index is 1.91. The molecule has 1 aliphatic rings. The minimum Gasteiger partial charge on any atom is -0.478 e.